The van der Waals surface area contributed by atoms with Gasteiger partial charge in [0.2, 0.25) is 0 Å². The molecule has 1 aliphatic carbocycles. The zero-order chi connectivity index (χ0) is 9.42. The van der Waals surface area contributed by atoms with Crippen LogP contribution in [-0.2, 0) is 6.42 Å². The van der Waals surface area contributed by atoms with Gasteiger partial charge < -0.3 is 10.8 Å². The third kappa shape index (κ3) is 1.46. The lowest BCUT2D eigenvalue weighted by Crippen LogP contribution is -2.31. The van der Waals surface area contributed by atoms with E-state index >= 15 is 0 Å². The van der Waals surface area contributed by atoms with Crippen molar-refractivity contribution >= 4 is 11.6 Å². The molecule has 2 atom stereocenters. The van der Waals surface area contributed by atoms with Crippen LogP contribution in [0.1, 0.15) is 23.6 Å². The molecule has 0 saturated heterocycles. The first-order valence-corrected chi connectivity index (χ1v) is 4.79. The van der Waals surface area contributed by atoms with E-state index in [4.69, 9.17) is 17.3 Å². The minimum Gasteiger partial charge on any atom is -0.391 e. The molecule has 1 aliphatic rings. The van der Waals surface area contributed by atoms with Gasteiger partial charge in [0.25, 0.3) is 0 Å². The van der Waals surface area contributed by atoms with Crippen molar-refractivity contribution in [2.24, 2.45) is 5.73 Å². The van der Waals surface area contributed by atoms with Crippen LogP contribution in [0.25, 0.3) is 0 Å². The first kappa shape index (κ1) is 9.00. The molecule has 2 nitrogen and oxygen atoms in total. The highest BCUT2D eigenvalue weighted by Crippen LogP contribution is 2.33. The van der Waals surface area contributed by atoms with Crippen molar-refractivity contribution in [2.45, 2.75) is 25.0 Å². The normalized spacial score (nSPS) is 27.0. The number of nitrogens with two attached hydrogens (primary N) is 1. The maximum Gasteiger partial charge on any atom is 0.0736 e. The van der Waals surface area contributed by atoms with Crippen LogP contribution in [0.3, 0.4) is 0 Å². The molecule has 3 heteroatoms. The summed E-state index contributed by atoms with van der Waals surface area (Å²) in [5, 5.41) is 10.2. The number of rotatable bonds is 0. The van der Waals surface area contributed by atoms with Crippen LogP contribution < -0.4 is 5.73 Å². The Kier molecular flexibility index (Phi) is 2.28. The summed E-state index contributed by atoms with van der Waals surface area (Å²) in [6.45, 7) is 0. The maximum atomic E-state index is 9.57. The van der Waals surface area contributed by atoms with Gasteiger partial charge in [-0.3, -0.25) is 0 Å². The van der Waals surface area contributed by atoms with E-state index in [9.17, 15) is 5.11 Å². The van der Waals surface area contributed by atoms with Gasteiger partial charge in [-0.25, -0.2) is 0 Å². The third-order valence-electron chi connectivity index (χ3n) is 2.60. The average Bonchev–Trinajstić information content (AvgIpc) is 2.12. The average molecular weight is 198 g/mol. The van der Waals surface area contributed by atoms with Crippen LogP contribution in [0.4, 0.5) is 0 Å². The van der Waals surface area contributed by atoms with Crippen molar-refractivity contribution in [3.63, 3.8) is 0 Å². The Morgan fingerprint density at radius 3 is 3.00 bits per heavy atom. The zero-order valence-electron chi connectivity index (χ0n) is 7.20. The molecule has 0 radical (unpaired) electrons. The van der Waals surface area contributed by atoms with Gasteiger partial charge in [-0.05, 0) is 30.0 Å². The minimum atomic E-state index is -0.451. The van der Waals surface area contributed by atoms with E-state index in [1.165, 1.54) is 5.56 Å². The second kappa shape index (κ2) is 3.29. The maximum absolute atomic E-state index is 9.57. The molecule has 0 aliphatic heterocycles. The Labute approximate surface area is 82.3 Å². The lowest BCUT2D eigenvalue weighted by molar-refractivity contribution is 0.128. The molecule has 0 unspecified atom stereocenters. The number of fused-ring (bicyclic) bond motifs is 1. The summed E-state index contributed by atoms with van der Waals surface area (Å²) in [6, 6.07) is 5.44. The monoisotopic (exact) mass is 197 g/mol. The van der Waals surface area contributed by atoms with Gasteiger partial charge in [0.1, 0.15) is 0 Å². The number of aliphatic hydroxyl groups excluding tert-OH is 1. The molecular formula is C10H12ClNO. The molecule has 3 N–H and O–H groups in total. The Morgan fingerprint density at radius 1 is 1.46 bits per heavy atom. The van der Waals surface area contributed by atoms with Crippen molar-refractivity contribution in [1.82, 2.24) is 0 Å². The Morgan fingerprint density at radius 2 is 2.23 bits per heavy atom. The molecule has 1 aromatic carbocycles. The van der Waals surface area contributed by atoms with Gasteiger partial charge >= 0.3 is 0 Å². The number of benzene rings is 1. The van der Waals surface area contributed by atoms with Crippen LogP contribution >= 0.6 is 11.6 Å². The van der Waals surface area contributed by atoms with Crippen molar-refractivity contribution in [3.05, 3.63) is 34.3 Å². The van der Waals surface area contributed by atoms with Gasteiger partial charge in [-0.2, -0.15) is 0 Å². The molecule has 13 heavy (non-hydrogen) atoms. The van der Waals surface area contributed by atoms with E-state index in [1.54, 1.807) is 0 Å². The molecule has 0 saturated carbocycles. The van der Waals surface area contributed by atoms with Crippen LogP contribution in [-0.4, -0.2) is 11.2 Å². The number of aliphatic hydroxyl groups is 1. The van der Waals surface area contributed by atoms with Crippen molar-refractivity contribution < 1.29 is 5.11 Å². The predicted molar refractivity (Wildman–Crippen MR) is 52.7 cm³/mol. The van der Waals surface area contributed by atoms with Crippen molar-refractivity contribution in [1.29, 1.82) is 0 Å². The van der Waals surface area contributed by atoms with Crippen LogP contribution in [0, 0.1) is 0 Å². The predicted octanol–water partition coefficient (Wildman–Crippen LogP) is 1.65. The van der Waals surface area contributed by atoms with E-state index in [-0.39, 0.29) is 6.04 Å². The summed E-state index contributed by atoms with van der Waals surface area (Å²) in [5.74, 6) is 0. The van der Waals surface area contributed by atoms with Crippen LogP contribution in [0.5, 0.6) is 0 Å². The van der Waals surface area contributed by atoms with Gasteiger partial charge in [-0.15, -0.1) is 0 Å². The van der Waals surface area contributed by atoms with Gasteiger partial charge in [0, 0.05) is 5.02 Å². The number of halogens is 1. The molecule has 0 aromatic heterocycles. The molecule has 0 heterocycles. The van der Waals surface area contributed by atoms with Gasteiger partial charge in [0.05, 0.1) is 12.1 Å². The topological polar surface area (TPSA) is 46.2 Å². The first-order valence-electron chi connectivity index (χ1n) is 4.41. The standard InChI is InChI=1S/C10H12ClNO/c11-7-3-1-2-6-4-5-8(13)10(12)9(6)7/h1-3,8,10,13H,4-5,12H2/t8-,10-/m0/s1. The zero-order valence-corrected chi connectivity index (χ0v) is 7.96. The quantitative estimate of drug-likeness (QED) is 0.665. The summed E-state index contributed by atoms with van der Waals surface area (Å²) < 4.78 is 0. The van der Waals surface area contributed by atoms with Gasteiger partial charge in [0.15, 0.2) is 0 Å². The third-order valence-corrected chi connectivity index (χ3v) is 2.93. The summed E-state index contributed by atoms with van der Waals surface area (Å²) in [6.07, 6.45) is 1.15. The summed E-state index contributed by atoms with van der Waals surface area (Å²) in [7, 11) is 0. The second-order valence-corrected chi connectivity index (χ2v) is 3.85. The Balaban J connectivity index is 2.51. The molecule has 0 amide bonds. The molecule has 70 valence electrons. The number of hydrogen-bond acceptors (Lipinski definition) is 2. The van der Waals surface area contributed by atoms with Crippen LogP contribution in [0.15, 0.2) is 18.2 Å². The SMILES string of the molecule is N[C@@H]1c2c(Cl)cccc2CC[C@@H]1O. The van der Waals surface area contributed by atoms with E-state index < -0.39 is 6.10 Å². The molecule has 1 aromatic rings. The molecule has 0 spiro atoms. The number of hydrogen-bond donors (Lipinski definition) is 2. The molecule has 0 fully saturated rings. The smallest absolute Gasteiger partial charge is 0.0736 e. The summed E-state index contributed by atoms with van der Waals surface area (Å²) in [5.41, 5.74) is 7.95. The lowest BCUT2D eigenvalue weighted by Gasteiger charge is -2.28. The van der Waals surface area contributed by atoms with Crippen molar-refractivity contribution in [3.8, 4) is 0 Å². The fourth-order valence-electron chi connectivity index (χ4n) is 1.85. The highest BCUT2D eigenvalue weighted by molar-refractivity contribution is 6.31. The van der Waals surface area contributed by atoms with E-state index in [0.717, 1.165) is 18.4 Å². The minimum absolute atomic E-state index is 0.322. The number of aryl methyl sites for hydroxylation is 1. The summed E-state index contributed by atoms with van der Waals surface area (Å²) in [4.78, 5) is 0. The highest BCUT2D eigenvalue weighted by Gasteiger charge is 2.26. The highest BCUT2D eigenvalue weighted by atomic mass is 35.5. The Hall–Kier alpha value is -0.570. The molecular weight excluding hydrogens is 186 g/mol. The Bertz CT molecular complexity index is 327. The van der Waals surface area contributed by atoms with Crippen molar-refractivity contribution in [2.75, 3.05) is 0 Å². The second-order valence-electron chi connectivity index (χ2n) is 3.44. The van der Waals surface area contributed by atoms with Crippen LogP contribution in [0.2, 0.25) is 5.02 Å². The first-order chi connectivity index (χ1) is 6.20. The van der Waals surface area contributed by atoms with E-state index in [1.807, 2.05) is 18.2 Å². The molecule has 0 bridgehead atoms. The fraction of sp³-hybridized carbons (Fsp3) is 0.400. The van der Waals surface area contributed by atoms with E-state index in [0.29, 0.717) is 5.02 Å². The largest absolute Gasteiger partial charge is 0.391 e. The summed E-state index contributed by atoms with van der Waals surface area (Å²) >= 11 is 6.01. The fourth-order valence-corrected chi connectivity index (χ4v) is 2.17. The molecule has 2 rings (SSSR count). The van der Waals surface area contributed by atoms with Gasteiger partial charge in [-0.1, -0.05) is 23.7 Å². The van der Waals surface area contributed by atoms with E-state index in [2.05, 4.69) is 0 Å². The lowest BCUT2D eigenvalue weighted by atomic mass is 9.86.